The van der Waals surface area contributed by atoms with Crippen molar-refractivity contribution >= 4 is 35.6 Å². The summed E-state index contributed by atoms with van der Waals surface area (Å²) in [5.41, 5.74) is 0.0918. The van der Waals surface area contributed by atoms with Gasteiger partial charge in [-0.3, -0.25) is 14.9 Å². The van der Waals surface area contributed by atoms with Crippen LogP contribution in [0.5, 0.6) is 11.5 Å². The number of urea groups is 1. The highest BCUT2D eigenvalue weighted by Crippen LogP contribution is 2.30. The van der Waals surface area contributed by atoms with Crippen molar-refractivity contribution in [3.63, 3.8) is 0 Å². The third kappa shape index (κ3) is 4.38. The molecular weight excluding hydrogens is 404 g/mol. The van der Waals surface area contributed by atoms with Crippen LogP contribution in [-0.2, 0) is 9.59 Å². The molecule has 0 spiro atoms. The molecule has 1 saturated heterocycles. The summed E-state index contributed by atoms with van der Waals surface area (Å²) in [5.74, 6) is -0.100. The maximum Gasteiger partial charge on any atom is 0.335 e. The van der Waals surface area contributed by atoms with Crippen LogP contribution in [0.2, 0.25) is 0 Å². The zero-order valence-corrected chi connectivity index (χ0v) is 16.2. The standard InChI is InChI=1S/C22H16N2O7/c1-3-10-31-17-9-4-13(12-18(17)30-2)11-16-19(25)23-22(29)24(20(16)26)15-7-5-14(6-8-15)21(27)28/h1,4-9,11-12H,10H2,2H3,(H,27,28)(H,23,25,29)/p-1/b16-11+. The summed E-state index contributed by atoms with van der Waals surface area (Å²) in [6, 6.07) is 8.62. The van der Waals surface area contributed by atoms with Crippen LogP contribution in [0.3, 0.4) is 0 Å². The Kier molecular flexibility index (Phi) is 6.02. The third-order valence-electron chi connectivity index (χ3n) is 4.27. The fourth-order valence-electron chi connectivity index (χ4n) is 2.82. The van der Waals surface area contributed by atoms with E-state index in [0.29, 0.717) is 17.1 Å². The Morgan fingerprint density at radius 3 is 2.48 bits per heavy atom. The van der Waals surface area contributed by atoms with Gasteiger partial charge in [0, 0.05) is 0 Å². The fourth-order valence-corrected chi connectivity index (χ4v) is 2.82. The molecular formula is C22H15N2O7-. The normalized spacial score (nSPS) is 14.8. The molecule has 31 heavy (non-hydrogen) atoms. The number of nitrogens with one attached hydrogen (secondary N) is 1. The first-order valence-corrected chi connectivity index (χ1v) is 8.83. The maximum absolute atomic E-state index is 12.9. The zero-order chi connectivity index (χ0) is 22.5. The number of benzene rings is 2. The van der Waals surface area contributed by atoms with E-state index in [2.05, 4.69) is 11.2 Å². The second kappa shape index (κ2) is 8.84. The van der Waals surface area contributed by atoms with E-state index in [1.165, 1.54) is 43.5 Å². The first kappa shape index (κ1) is 21.1. The lowest BCUT2D eigenvalue weighted by molar-refractivity contribution is -0.255. The van der Waals surface area contributed by atoms with Crippen molar-refractivity contribution in [3.8, 4) is 23.8 Å². The van der Waals surface area contributed by atoms with Crippen molar-refractivity contribution in [1.29, 1.82) is 0 Å². The van der Waals surface area contributed by atoms with Gasteiger partial charge in [-0.2, -0.15) is 0 Å². The topological polar surface area (TPSA) is 125 Å². The molecule has 0 aromatic heterocycles. The Labute approximate surface area is 176 Å². The van der Waals surface area contributed by atoms with Crippen LogP contribution in [0.1, 0.15) is 15.9 Å². The SMILES string of the molecule is C#CCOc1ccc(/C=C2\C(=O)NC(=O)N(c3ccc(C(=O)[O-])cc3)C2=O)cc1OC. The number of amides is 4. The molecule has 156 valence electrons. The number of aromatic carboxylic acids is 1. The van der Waals surface area contributed by atoms with Crippen LogP contribution in [0.4, 0.5) is 10.5 Å². The van der Waals surface area contributed by atoms with Gasteiger partial charge in [0.1, 0.15) is 12.2 Å². The minimum Gasteiger partial charge on any atom is -0.545 e. The van der Waals surface area contributed by atoms with Crippen LogP contribution >= 0.6 is 0 Å². The molecule has 1 aliphatic rings. The largest absolute Gasteiger partial charge is 0.545 e. The van der Waals surface area contributed by atoms with E-state index in [4.69, 9.17) is 15.9 Å². The Hall–Kier alpha value is -4.58. The van der Waals surface area contributed by atoms with E-state index in [0.717, 1.165) is 4.90 Å². The number of nitrogens with zero attached hydrogens (tertiary/aromatic N) is 1. The molecule has 4 amide bonds. The summed E-state index contributed by atoms with van der Waals surface area (Å²) in [6.45, 7) is 0.0332. The predicted molar refractivity (Wildman–Crippen MR) is 107 cm³/mol. The molecule has 0 atom stereocenters. The summed E-state index contributed by atoms with van der Waals surface area (Å²) in [4.78, 5) is 49.1. The van der Waals surface area contributed by atoms with Gasteiger partial charge in [0.25, 0.3) is 11.8 Å². The van der Waals surface area contributed by atoms with Crippen molar-refractivity contribution in [2.24, 2.45) is 0 Å². The molecule has 9 nitrogen and oxygen atoms in total. The van der Waals surface area contributed by atoms with Crippen LogP contribution in [0.25, 0.3) is 6.08 Å². The first-order valence-electron chi connectivity index (χ1n) is 8.83. The molecule has 0 saturated carbocycles. The number of hydrogen-bond donors (Lipinski definition) is 1. The first-order chi connectivity index (χ1) is 14.8. The summed E-state index contributed by atoms with van der Waals surface area (Å²) >= 11 is 0. The number of methoxy groups -OCH3 is 1. The van der Waals surface area contributed by atoms with E-state index < -0.39 is 23.8 Å². The van der Waals surface area contributed by atoms with E-state index in [1.54, 1.807) is 12.1 Å². The minimum atomic E-state index is -1.40. The van der Waals surface area contributed by atoms with Crippen LogP contribution in [0.15, 0.2) is 48.0 Å². The number of carboxylic acid groups (broad SMARTS) is 1. The summed E-state index contributed by atoms with van der Waals surface area (Å²) in [5, 5.41) is 13.0. The number of rotatable bonds is 6. The van der Waals surface area contributed by atoms with Gasteiger partial charge in [-0.1, -0.05) is 24.1 Å². The number of anilines is 1. The van der Waals surface area contributed by atoms with E-state index in [1.807, 2.05) is 0 Å². The van der Waals surface area contributed by atoms with Gasteiger partial charge in [-0.25, -0.2) is 9.69 Å². The lowest BCUT2D eigenvalue weighted by Gasteiger charge is -2.26. The van der Waals surface area contributed by atoms with Gasteiger partial charge in [0.05, 0.1) is 18.8 Å². The van der Waals surface area contributed by atoms with Crippen molar-refractivity contribution in [2.75, 3.05) is 18.6 Å². The average Bonchev–Trinajstić information content (AvgIpc) is 2.75. The van der Waals surface area contributed by atoms with Crippen LogP contribution in [0, 0.1) is 12.3 Å². The Balaban J connectivity index is 1.95. The number of hydrogen-bond acceptors (Lipinski definition) is 7. The quantitative estimate of drug-likeness (QED) is 0.416. The highest BCUT2D eigenvalue weighted by atomic mass is 16.5. The molecule has 2 aromatic carbocycles. The summed E-state index contributed by atoms with van der Waals surface area (Å²) in [6.07, 6.45) is 6.47. The molecule has 1 N–H and O–H groups in total. The number of carbonyl (C=O) groups is 4. The van der Waals surface area contributed by atoms with E-state index in [-0.39, 0.29) is 23.4 Å². The van der Waals surface area contributed by atoms with Gasteiger partial charge in [0.2, 0.25) is 0 Å². The average molecular weight is 419 g/mol. The third-order valence-corrected chi connectivity index (χ3v) is 4.27. The second-order valence-electron chi connectivity index (χ2n) is 6.20. The van der Waals surface area contributed by atoms with Crippen molar-refractivity contribution in [2.45, 2.75) is 0 Å². The molecule has 1 aliphatic heterocycles. The van der Waals surface area contributed by atoms with Gasteiger partial charge < -0.3 is 19.4 Å². The van der Waals surface area contributed by atoms with Crippen LogP contribution < -0.4 is 24.8 Å². The van der Waals surface area contributed by atoms with Crippen LogP contribution in [-0.4, -0.2) is 37.5 Å². The van der Waals surface area contributed by atoms with Gasteiger partial charge in [-0.15, -0.1) is 6.42 Å². The molecule has 9 heteroatoms. The van der Waals surface area contributed by atoms with E-state index >= 15 is 0 Å². The smallest absolute Gasteiger partial charge is 0.335 e. The summed E-state index contributed by atoms with van der Waals surface area (Å²) in [7, 11) is 1.42. The molecule has 1 fully saturated rings. The monoisotopic (exact) mass is 419 g/mol. The highest BCUT2D eigenvalue weighted by Gasteiger charge is 2.36. The number of carboxylic acids is 1. The molecule has 0 aliphatic carbocycles. The van der Waals surface area contributed by atoms with Crippen molar-refractivity contribution in [3.05, 3.63) is 59.2 Å². The lowest BCUT2D eigenvalue weighted by Crippen LogP contribution is -2.54. The zero-order valence-electron chi connectivity index (χ0n) is 16.2. The van der Waals surface area contributed by atoms with Gasteiger partial charge in [-0.05, 0) is 41.5 Å². The number of imide groups is 2. The molecule has 1 heterocycles. The second-order valence-corrected chi connectivity index (χ2v) is 6.20. The Morgan fingerprint density at radius 1 is 1.16 bits per heavy atom. The lowest BCUT2D eigenvalue weighted by atomic mass is 10.1. The molecule has 2 aromatic rings. The Morgan fingerprint density at radius 2 is 1.87 bits per heavy atom. The Bertz CT molecular complexity index is 1140. The van der Waals surface area contributed by atoms with Gasteiger partial charge >= 0.3 is 6.03 Å². The number of barbiturate groups is 1. The number of carbonyl (C=O) groups excluding carboxylic acids is 4. The molecule has 0 radical (unpaired) electrons. The number of ether oxygens (including phenoxy) is 2. The predicted octanol–water partition coefficient (Wildman–Crippen LogP) is 0.737. The molecule has 0 bridgehead atoms. The number of terminal acetylenes is 1. The fraction of sp³-hybridized carbons (Fsp3) is 0.0909. The van der Waals surface area contributed by atoms with E-state index in [9.17, 15) is 24.3 Å². The highest BCUT2D eigenvalue weighted by molar-refractivity contribution is 6.39. The molecule has 3 rings (SSSR count). The molecule has 0 unspecified atom stereocenters. The summed E-state index contributed by atoms with van der Waals surface area (Å²) < 4.78 is 10.6. The van der Waals surface area contributed by atoms with Crippen molar-refractivity contribution < 1.29 is 33.8 Å². The maximum atomic E-state index is 12.9. The van der Waals surface area contributed by atoms with Crippen molar-refractivity contribution in [1.82, 2.24) is 5.32 Å². The minimum absolute atomic E-state index is 0.0332. The van der Waals surface area contributed by atoms with Gasteiger partial charge in [0.15, 0.2) is 11.5 Å².